The first kappa shape index (κ1) is 20.7. The van der Waals surface area contributed by atoms with E-state index in [0.717, 1.165) is 26.8 Å². The van der Waals surface area contributed by atoms with Crippen LogP contribution in [-0.4, -0.2) is 25.3 Å². The summed E-state index contributed by atoms with van der Waals surface area (Å²) >= 11 is 9.53. The van der Waals surface area contributed by atoms with E-state index >= 15 is 0 Å². The lowest BCUT2D eigenvalue weighted by Gasteiger charge is -2.17. The smallest absolute Gasteiger partial charge is 0.265 e. The topological polar surface area (TPSA) is 61.5 Å². The molecule has 9 heteroatoms. The molecule has 0 radical (unpaired) electrons. The number of benzene rings is 2. The van der Waals surface area contributed by atoms with Crippen molar-refractivity contribution in [2.75, 3.05) is 17.2 Å². The summed E-state index contributed by atoms with van der Waals surface area (Å²) < 4.78 is 34.5. The van der Waals surface area contributed by atoms with Crippen LogP contribution in [0.15, 0.2) is 52.4 Å². The van der Waals surface area contributed by atoms with Crippen molar-refractivity contribution in [3.05, 3.63) is 57.5 Å². The molecular formula is C20H20ClN2O3S3+. The molecule has 1 aliphatic rings. The van der Waals surface area contributed by atoms with Crippen LogP contribution in [0.2, 0.25) is 5.02 Å². The fourth-order valence-corrected chi connectivity index (χ4v) is 6.55. The Kier molecular flexibility index (Phi) is 5.90. The number of nitrogens with zero attached hydrogens (tertiary/aromatic N) is 2. The zero-order valence-corrected chi connectivity index (χ0v) is 18.9. The number of fused-ring (bicyclic) bond motifs is 2. The molecule has 0 spiro atoms. The Balaban J connectivity index is 1.75. The van der Waals surface area contributed by atoms with Crippen molar-refractivity contribution < 1.29 is 17.5 Å². The molecule has 5 nitrogen and oxygen atoms in total. The average Bonchev–Trinajstić information content (AvgIpc) is 3.18. The Hall–Kier alpha value is -1.58. The summed E-state index contributed by atoms with van der Waals surface area (Å²) in [7, 11) is -3.98. The molecule has 152 valence electrons. The molecule has 4 rings (SSSR count). The molecule has 0 saturated carbocycles. The number of aromatic nitrogens is 1. The van der Waals surface area contributed by atoms with Gasteiger partial charge in [0.05, 0.1) is 22.5 Å². The zero-order valence-electron chi connectivity index (χ0n) is 15.7. The predicted octanol–water partition coefficient (Wildman–Crippen LogP) is 5.05. The number of halogens is 1. The van der Waals surface area contributed by atoms with E-state index in [1.54, 1.807) is 23.1 Å². The summed E-state index contributed by atoms with van der Waals surface area (Å²) in [6, 6.07) is 14.0. The lowest BCUT2D eigenvalue weighted by atomic mass is 10.3. The lowest BCUT2D eigenvalue weighted by molar-refractivity contribution is -0.668. The van der Waals surface area contributed by atoms with Crippen molar-refractivity contribution >= 4 is 66.8 Å². The molecule has 2 heterocycles. The van der Waals surface area contributed by atoms with Gasteiger partial charge in [-0.2, -0.15) is 13.0 Å². The van der Waals surface area contributed by atoms with Gasteiger partial charge < -0.3 is 4.90 Å². The number of thiazole rings is 1. The molecule has 3 aromatic rings. The number of rotatable bonds is 6. The minimum atomic E-state index is -3.98. The number of para-hydroxylation sites is 1. The second kappa shape index (κ2) is 8.28. The zero-order chi connectivity index (χ0) is 20.6. The van der Waals surface area contributed by atoms with Crippen LogP contribution in [0.3, 0.4) is 0 Å². The third kappa shape index (κ3) is 4.46. The molecular weight excluding hydrogens is 448 g/mol. The van der Waals surface area contributed by atoms with Gasteiger partial charge in [-0.15, -0.1) is 0 Å². The van der Waals surface area contributed by atoms with Crippen LogP contribution in [-0.2, 0) is 16.7 Å². The van der Waals surface area contributed by atoms with Crippen LogP contribution in [0.4, 0.5) is 5.69 Å². The number of aryl methyl sites for hydroxylation is 1. The standard InChI is InChI=1S/C20H19ClN2O3S3/c1-2-22-15-6-3-4-7-17(15)27-19(22)13-20-23(10-5-11-29(24,25)26)16-9-8-14(21)12-18(16)28-20/h3-4,6-9,12-13H,2,5,10-11H2,1H3/p+1. The Morgan fingerprint density at radius 3 is 2.79 bits per heavy atom. The molecule has 0 fully saturated rings. The highest BCUT2D eigenvalue weighted by Crippen LogP contribution is 2.46. The van der Waals surface area contributed by atoms with Crippen molar-refractivity contribution in [2.45, 2.75) is 24.8 Å². The number of anilines is 1. The summed E-state index contributed by atoms with van der Waals surface area (Å²) in [5, 5.41) is 2.82. The molecule has 1 aliphatic heterocycles. The Morgan fingerprint density at radius 2 is 2.03 bits per heavy atom. The minimum Gasteiger partial charge on any atom is -0.335 e. The Labute approximate surface area is 183 Å². The first-order valence-electron chi connectivity index (χ1n) is 9.19. The first-order valence-corrected chi connectivity index (χ1v) is 12.8. The molecule has 2 aromatic carbocycles. The van der Waals surface area contributed by atoms with Gasteiger partial charge in [-0.1, -0.05) is 46.8 Å². The average molecular weight is 468 g/mol. The monoisotopic (exact) mass is 467 g/mol. The van der Waals surface area contributed by atoms with E-state index in [-0.39, 0.29) is 5.75 Å². The fourth-order valence-electron chi connectivity index (χ4n) is 3.41. The van der Waals surface area contributed by atoms with Crippen LogP contribution in [0.5, 0.6) is 0 Å². The van der Waals surface area contributed by atoms with Gasteiger partial charge in [-0.05, 0) is 31.2 Å². The second-order valence-electron chi connectivity index (χ2n) is 6.64. The van der Waals surface area contributed by atoms with Crippen LogP contribution in [0.1, 0.15) is 18.4 Å². The van der Waals surface area contributed by atoms with Crippen molar-refractivity contribution in [1.29, 1.82) is 0 Å². The SMILES string of the molecule is CCN1/C(=C/c2sc3cc(Cl)ccc3[n+]2CCCS(=O)(=O)O)Sc2ccccc21. The fraction of sp³-hybridized carbons (Fsp3) is 0.250. The maximum Gasteiger partial charge on any atom is 0.265 e. The summed E-state index contributed by atoms with van der Waals surface area (Å²) in [5.74, 6) is -0.262. The minimum absolute atomic E-state index is 0.262. The second-order valence-corrected chi connectivity index (χ2v) is 10.8. The molecule has 29 heavy (non-hydrogen) atoms. The highest BCUT2D eigenvalue weighted by Gasteiger charge is 2.27. The Bertz CT molecular complexity index is 1200. The molecule has 0 atom stereocenters. The van der Waals surface area contributed by atoms with E-state index in [9.17, 15) is 8.42 Å². The summed E-state index contributed by atoms with van der Waals surface area (Å²) in [6.07, 6.45) is 2.49. The van der Waals surface area contributed by atoms with E-state index < -0.39 is 10.1 Å². The Morgan fingerprint density at radius 1 is 1.24 bits per heavy atom. The van der Waals surface area contributed by atoms with Gasteiger partial charge in [-0.3, -0.25) is 4.55 Å². The van der Waals surface area contributed by atoms with Crippen LogP contribution < -0.4 is 9.47 Å². The van der Waals surface area contributed by atoms with E-state index in [1.165, 1.54) is 10.6 Å². The van der Waals surface area contributed by atoms with Gasteiger partial charge in [0.25, 0.3) is 15.1 Å². The molecule has 1 N–H and O–H groups in total. The van der Waals surface area contributed by atoms with Crippen LogP contribution in [0, 0.1) is 0 Å². The highest BCUT2D eigenvalue weighted by atomic mass is 35.5. The lowest BCUT2D eigenvalue weighted by Crippen LogP contribution is -2.36. The predicted molar refractivity (Wildman–Crippen MR) is 121 cm³/mol. The van der Waals surface area contributed by atoms with Gasteiger partial charge in [0.15, 0.2) is 6.54 Å². The molecule has 0 saturated heterocycles. The number of hydrogen-bond donors (Lipinski definition) is 1. The van der Waals surface area contributed by atoms with Crippen molar-refractivity contribution in [3.63, 3.8) is 0 Å². The number of hydrogen-bond acceptors (Lipinski definition) is 5. The maximum atomic E-state index is 11.1. The summed E-state index contributed by atoms with van der Waals surface area (Å²) in [6.45, 7) is 3.47. The third-order valence-corrected chi connectivity index (χ3v) is 7.92. The summed E-state index contributed by atoms with van der Waals surface area (Å²) in [5.41, 5.74) is 2.21. The molecule has 0 unspecified atom stereocenters. The van der Waals surface area contributed by atoms with Gasteiger partial charge >= 0.3 is 0 Å². The first-order chi connectivity index (χ1) is 13.9. The third-order valence-electron chi connectivity index (χ3n) is 4.68. The van der Waals surface area contributed by atoms with Crippen LogP contribution >= 0.6 is 34.7 Å². The normalized spacial score (nSPS) is 15.4. The molecule has 0 bridgehead atoms. The summed E-state index contributed by atoms with van der Waals surface area (Å²) in [4.78, 5) is 3.50. The van der Waals surface area contributed by atoms with Crippen molar-refractivity contribution in [1.82, 2.24) is 0 Å². The molecule has 1 aromatic heterocycles. The quantitative estimate of drug-likeness (QED) is 0.406. The van der Waals surface area contributed by atoms with E-state index in [0.29, 0.717) is 18.0 Å². The van der Waals surface area contributed by atoms with Crippen molar-refractivity contribution in [3.8, 4) is 0 Å². The van der Waals surface area contributed by atoms with E-state index in [2.05, 4.69) is 34.6 Å². The van der Waals surface area contributed by atoms with E-state index in [1.807, 2.05) is 30.3 Å². The van der Waals surface area contributed by atoms with Crippen LogP contribution in [0.25, 0.3) is 16.3 Å². The van der Waals surface area contributed by atoms with Gasteiger partial charge in [0.2, 0.25) is 5.52 Å². The molecule has 0 amide bonds. The maximum absolute atomic E-state index is 11.1. The molecule has 0 aliphatic carbocycles. The van der Waals surface area contributed by atoms with Gasteiger partial charge in [0.1, 0.15) is 4.70 Å². The van der Waals surface area contributed by atoms with Gasteiger partial charge in [0, 0.05) is 29.0 Å². The number of thioether (sulfide) groups is 1. The van der Waals surface area contributed by atoms with Crippen molar-refractivity contribution in [2.24, 2.45) is 0 Å². The largest absolute Gasteiger partial charge is 0.335 e. The highest BCUT2D eigenvalue weighted by molar-refractivity contribution is 8.03. The van der Waals surface area contributed by atoms with Gasteiger partial charge in [-0.25, -0.2) is 0 Å². The van der Waals surface area contributed by atoms with E-state index in [4.69, 9.17) is 16.2 Å².